The maximum atomic E-state index is 13.2. The number of anilines is 1. The first-order valence-electron chi connectivity index (χ1n) is 11.8. The first-order valence-corrected chi connectivity index (χ1v) is 11.8. The number of carbonyl (C=O) groups is 4. The van der Waals surface area contributed by atoms with Crippen LogP contribution in [0.4, 0.5) is 5.69 Å². The molecule has 0 aromatic heterocycles. The van der Waals surface area contributed by atoms with Crippen LogP contribution in [0.5, 0.6) is 0 Å². The van der Waals surface area contributed by atoms with E-state index in [1.807, 2.05) is 19.9 Å². The van der Waals surface area contributed by atoms with Crippen LogP contribution in [0, 0.1) is 49.4 Å². The summed E-state index contributed by atoms with van der Waals surface area (Å²) in [5, 5.41) is 0. The molecule has 6 heteroatoms. The second-order valence-corrected chi connectivity index (χ2v) is 10.0. The summed E-state index contributed by atoms with van der Waals surface area (Å²) in [6.45, 7) is 3.54. The molecule has 7 rings (SSSR count). The predicted octanol–water partition coefficient (Wildman–Crippen LogP) is 3.90. The summed E-state index contributed by atoms with van der Waals surface area (Å²) in [4.78, 5) is 52.6. The Hall–Kier alpha value is -3.54. The van der Waals surface area contributed by atoms with Gasteiger partial charge in [0.1, 0.15) is 0 Å². The Morgan fingerprint density at radius 1 is 0.853 bits per heavy atom. The number of esters is 1. The smallest absolute Gasteiger partial charge is 0.338 e. The summed E-state index contributed by atoms with van der Waals surface area (Å²) in [5.74, 6) is -0.226. The second kappa shape index (κ2) is 7.49. The van der Waals surface area contributed by atoms with Crippen LogP contribution >= 0.6 is 0 Å². The van der Waals surface area contributed by atoms with Gasteiger partial charge in [-0.2, -0.15) is 0 Å². The van der Waals surface area contributed by atoms with E-state index >= 15 is 0 Å². The van der Waals surface area contributed by atoms with Gasteiger partial charge < -0.3 is 4.74 Å². The number of amides is 2. The molecule has 0 spiro atoms. The van der Waals surface area contributed by atoms with E-state index < -0.39 is 5.97 Å². The van der Waals surface area contributed by atoms with E-state index in [2.05, 4.69) is 12.2 Å². The number of aryl methyl sites for hydroxylation is 2. The van der Waals surface area contributed by atoms with Gasteiger partial charge in [0, 0.05) is 5.56 Å². The van der Waals surface area contributed by atoms with Crippen LogP contribution in [0.3, 0.4) is 0 Å². The lowest BCUT2D eigenvalue weighted by Crippen LogP contribution is -2.40. The minimum absolute atomic E-state index is 0.131. The lowest BCUT2D eigenvalue weighted by molar-refractivity contribution is -0.124. The molecule has 2 bridgehead atoms. The van der Waals surface area contributed by atoms with E-state index in [1.54, 1.807) is 24.3 Å². The number of hydrogen-bond donors (Lipinski definition) is 0. The van der Waals surface area contributed by atoms with Gasteiger partial charge in [0.2, 0.25) is 11.8 Å². The molecule has 2 aromatic rings. The van der Waals surface area contributed by atoms with Crippen molar-refractivity contribution < 1.29 is 23.9 Å². The third-order valence-corrected chi connectivity index (χ3v) is 8.19. The van der Waals surface area contributed by atoms with Crippen LogP contribution in [0.15, 0.2) is 54.6 Å². The topological polar surface area (TPSA) is 80.8 Å². The Morgan fingerprint density at radius 3 is 2.03 bits per heavy atom. The summed E-state index contributed by atoms with van der Waals surface area (Å²) < 4.78 is 5.21. The van der Waals surface area contributed by atoms with Crippen LogP contribution < -0.4 is 4.90 Å². The molecular weight excluding hydrogens is 430 g/mol. The van der Waals surface area contributed by atoms with Crippen molar-refractivity contribution in [3.05, 3.63) is 76.9 Å². The molecule has 34 heavy (non-hydrogen) atoms. The number of carbonyl (C=O) groups excluding carboxylic acids is 4. The number of Topliss-reactive ketones (excluding diaryl/α,β-unsaturated/α-hetero) is 1. The molecule has 0 unspecified atom stereocenters. The van der Waals surface area contributed by atoms with Crippen molar-refractivity contribution in [2.45, 2.75) is 20.3 Å². The highest BCUT2D eigenvalue weighted by molar-refractivity contribution is 6.22. The highest BCUT2D eigenvalue weighted by atomic mass is 16.5. The maximum absolute atomic E-state index is 13.2. The SMILES string of the molecule is Cc1ccc(C(=O)COC(=O)c2ccc(N3C(=O)[C@@H]4[C@H]5C=C[C@@H]([C@@H]6C[C@H]56)[C@@H]4C3=O)cc2)cc1C. The number of benzene rings is 2. The second-order valence-electron chi connectivity index (χ2n) is 10.0. The van der Waals surface area contributed by atoms with Crippen molar-refractivity contribution in [1.82, 2.24) is 0 Å². The van der Waals surface area contributed by atoms with Gasteiger partial charge in [0.25, 0.3) is 0 Å². The quantitative estimate of drug-likeness (QED) is 0.296. The van der Waals surface area contributed by atoms with Crippen molar-refractivity contribution in [1.29, 1.82) is 0 Å². The number of allylic oxidation sites excluding steroid dienone is 2. The molecule has 0 radical (unpaired) electrons. The first-order chi connectivity index (χ1) is 16.3. The zero-order valence-electron chi connectivity index (χ0n) is 19.1. The molecule has 1 saturated heterocycles. The van der Waals surface area contributed by atoms with E-state index in [0.717, 1.165) is 17.5 Å². The number of imide groups is 1. The van der Waals surface area contributed by atoms with Gasteiger partial charge in [0.05, 0.1) is 23.1 Å². The van der Waals surface area contributed by atoms with Crippen molar-refractivity contribution in [3.8, 4) is 0 Å². The molecule has 6 atom stereocenters. The van der Waals surface area contributed by atoms with Crippen molar-refractivity contribution in [2.24, 2.45) is 35.5 Å². The zero-order chi connectivity index (χ0) is 23.7. The molecule has 3 fully saturated rings. The summed E-state index contributed by atoms with van der Waals surface area (Å²) in [6.07, 6.45) is 5.42. The van der Waals surface area contributed by atoms with E-state index in [4.69, 9.17) is 4.74 Å². The van der Waals surface area contributed by atoms with E-state index in [-0.39, 0.29) is 53.4 Å². The lowest BCUT2D eigenvalue weighted by atomic mass is 9.63. The van der Waals surface area contributed by atoms with Gasteiger partial charge in [-0.1, -0.05) is 24.3 Å². The molecule has 4 aliphatic carbocycles. The van der Waals surface area contributed by atoms with Gasteiger partial charge in [-0.3, -0.25) is 19.3 Å². The molecule has 5 aliphatic rings. The molecule has 2 amide bonds. The monoisotopic (exact) mass is 455 g/mol. The normalized spacial score (nSPS) is 30.2. The molecular formula is C28H25NO5. The van der Waals surface area contributed by atoms with E-state index in [1.165, 1.54) is 17.0 Å². The average molecular weight is 456 g/mol. The minimum atomic E-state index is -0.626. The average Bonchev–Trinajstić information content (AvgIpc) is 3.62. The molecule has 0 N–H and O–H groups in total. The zero-order valence-corrected chi connectivity index (χ0v) is 19.1. The third-order valence-electron chi connectivity index (χ3n) is 8.19. The Bertz CT molecular complexity index is 1240. The first kappa shape index (κ1) is 21.0. The number of hydrogen-bond acceptors (Lipinski definition) is 5. The molecule has 172 valence electrons. The van der Waals surface area contributed by atoms with Crippen molar-refractivity contribution in [2.75, 3.05) is 11.5 Å². The Labute approximate surface area is 197 Å². The van der Waals surface area contributed by atoms with Crippen LogP contribution in [0.2, 0.25) is 0 Å². The van der Waals surface area contributed by atoms with Gasteiger partial charge in [-0.15, -0.1) is 0 Å². The highest BCUT2D eigenvalue weighted by Gasteiger charge is 2.67. The van der Waals surface area contributed by atoms with Gasteiger partial charge >= 0.3 is 5.97 Å². The fourth-order valence-corrected chi connectivity index (χ4v) is 6.17. The highest BCUT2D eigenvalue weighted by Crippen LogP contribution is 2.65. The minimum Gasteiger partial charge on any atom is -0.454 e. The number of ether oxygens (including phenoxy) is 1. The molecule has 1 heterocycles. The largest absolute Gasteiger partial charge is 0.454 e. The third kappa shape index (κ3) is 3.08. The Balaban J connectivity index is 1.13. The van der Waals surface area contributed by atoms with Gasteiger partial charge in [-0.25, -0.2) is 4.79 Å². The molecule has 1 aliphatic heterocycles. The van der Waals surface area contributed by atoms with Crippen LogP contribution in [-0.4, -0.2) is 30.2 Å². The fraction of sp³-hybridized carbons (Fsp3) is 0.357. The Morgan fingerprint density at radius 2 is 1.44 bits per heavy atom. The van der Waals surface area contributed by atoms with Gasteiger partial charge in [0.15, 0.2) is 12.4 Å². The van der Waals surface area contributed by atoms with Crippen LogP contribution in [0.1, 0.15) is 38.3 Å². The Kier molecular flexibility index (Phi) is 4.63. The van der Waals surface area contributed by atoms with Crippen molar-refractivity contribution >= 4 is 29.3 Å². The maximum Gasteiger partial charge on any atom is 0.338 e. The summed E-state index contributed by atoms with van der Waals surface area (Å²) >= 11 is 0. The van der Waals surface area contributed by atoms with E-state index in [9.17, 15) is 19.2 Å². The lowest BCUT2D eigenvalue weighted by Gasteiger charge is -2.37. The molecule has 2 aromatic carbocycles. The fourth-order valence-electron chi connectivity index (χ4n) is 6.17. The summed E-state index contributed by atoms with van der Waals surface area (Å²) in [5.41, 5.74) is 3.32. The number of rotatable bonds is 5. The van der Waals surface area contributed by atoms with Crippen molar-refractivity contribution in [3.63, 3.8) is 0 Å². The molecule has 6 nitrogen and oxygen atoms in total. The summed E-state index contributed by atoms with van der Waals surface area (Å²) in [7, 11) is 0. The van der Waals surface area contributed by atoms with Crippen LogP contribution in [0.25, 0.3) is 0 Å². The number of ketones is 1. The predicted molar refractivity (Wildman–Crippen MR) is 124 cm³/mol. The van der Waals surface area contributed by atoms with Gasteiger partial charge in [-0.05, 0) is 85.4 Å². The van der Waals surface area contributed by atoms with Crippen LogP contribution in [-0.2, 0) is 14.3 Å². The standard InChI is InChI=1S/C28H25NO5/c1-14-3-4-17(11-15(14)2)23(30)13-34-28(33)16-5-7-18(8-6-16)29-26(31)24-19-9-10-20(22-12-21(19)22)25(24)27(29)32/h3-11,19-22,24-25H,12-13H2,1-2H3/t19-,20-,21-,22+,24-,25+/m0/s1. The van der Waals surface area contributed by atoms with E-state index in [0.29, 0.717) is 23.1 Å². The number of nitrogens with zero attached hydrogens (tertiary/aromatic N) is 1. The molecule has 2 saturated carbocycles. The summed E-state index contributed by atoms with van der Waals surface area (Å²) in [6, 6.07) is 11.6.